The number of unbranched alkanes of at least 4 members (excludes halogenated alkanes) is 1. The summed E-state index contributed by atoms with van der Waals surface area (Å²) in [5.41, 5.74) is -0.0779. The molecule has 0 spiro atoms. The van der Waals surface area contributed by atoms with Crippen LogP contribution in [0, 0.1) is 40.9 Å². The van der Waals surface area contributed by atoms with Crippen LogP contribution in [0.5, 0.6) is 0 Å². The lowest BCUT2D eigenvalue weighted by atomic mass is 9.78. The molecule has 7 amide bonds. The summed E-state index contributed by atoms with van der Waals surface area (Å²) in [7, 11) is 7.88. The Morgan fingerprint density at radius 2 is 1.45 bits per heavy atom. The Kier molecular flexibility index (Phi) is 33.8. The number of nitrogens with one attached hydrogen (secondary N) is 2. The summed E-state index contributed by atoms with van der Waals surface area (Å²) in [5.74, 6) is -5.12. The normalized spacial score (nSPS) is 21.1. The van der Waals surface area contributed by atoms with Crippen molar-refractivity contribution in [2.24, 2.45) is 40.9 Å². The summed E-state index contributed by atoms with van der Waals surface area (Å²) in [6.07, 6.45) is 7.94. The van der Waals surface area contributed by atoms with E-state index < -0.39 is 83.6 Å². The molecule has 1 aromatic carbocycles. The zero-order valence-corrected chi connectivity index (χ0v) is 58.2. The maximum Gasteiger partial charge on any atom is 0.410 e. The van der Waals surface area contributed by atoms with Gasteiger partial charge in [0, 0.05) is 117 Å². The summed E-state index contributed by atoms with van der Waals surface area (Å²) in [6.45, 7) is 18.8. The number of aliphatic hydroxyl groups is 1. The van der Waals surface area contributed by atoms with E-state index in [0.29, 0.717) is 97.1 Å². The zero-order chi connectivity index (χ0) is 69.1. The molecule has 522 valence electrons. The number of carbonyl (C=O) groups is 10. The highest BCUT2D eigenvalue weighted by molar-refractivity contribution is 6.13. The van der Waals surface area contributed by atoms with Crippen LogP contribution in [0.3, 0.4) is 0 Å². The van der Waals surface area contributed by atoms with Gasteiger partial charge in [0.25, 0.3) is 11.8 Å². The number of imide groups is 1. The molecule has 1 saturated heterocycles. The Bertz CT molecular complexity index is 2650. The quantitative estimate of drug-likeness (QED) is 0.0317. The lowest BCUT2D eigenvalue weighted by molar-refractivity contribution is -0.149. The number of likely N-dealkylation sites (N-methyl/N-ethyl adjacent to an activating group) is 2. The van der Waals surface area contributed by atoms with Gasteiger partial charge in [0.15, 0.2) is 11.6 Å². The van der Waals surface area contributed by atoms with Crippen LogP contribution in [0.2, 0.25) is 0 Å². The number of Topliss-reactive ketones (excluding diaryl/α,β-unsaturated/α-hetero) is 3. The first-order valence-corrected chi connectivity index (χ1v) is 33.9. The van der Waals surface area contributed by atoms with E-state index in [4.69, 9.17) is 23.7 Å². The van der Waals surface area contributed by atoms with Crippen molar-refractivity contribution < 1.29 is 76.7 Å². The van der Waals surface area contributed by atoms with Gasteiger partial charge >= 0.3 is 6.09 Å². The second-order valence-electron chi connectivity index (χ2n) is 26.9. The second kappa shape index (κ2) is 39.6. The van der Waals surface area contributed by atoms with Crippen molar-refractivity contribution in [1.82, 2.24) is 30.2 Å². The van der Waals surface area contributed by atoms with Crippen LogP contribution >= 0.6 is 0 Å². The number of hydrogen-bond acceptors (Lipinski definition) is 16. The SMILES string of the molecule is CC[C@H](C)[C@@H]([C@@H](CC(=O)N1CCC[C@H]1[C@H](OC)[C@@H](C)C(=O)C[C@H](C)[C@@H](O)c1ccccc1)OC)N(C)C(=O)[C@@H](CC(=O)[C@H](C(C)C)N(C)C(=O)O[C@H]1/C=C/CC[C@@](C)(C(=O)NCCCCC(NC(=O)CCN2C(=O)C=CC2=O)C(=O)CCCOCCOC)CC1)C(C)C. The molecule has 1 aliphatic carbocycles. The van der Waals surface area contributed by atoms with Crippen LogP contribution < -0.4 is 10.6 Å². The van der Waals surface area contributed by atoms with Gasteiger partial charge in [0.2, 0.25) is 23.6 Å². The maximum atomic E-state index is 14.9. The maximum absolute atomic E-state index is 14.9. The third-order valence-corrected chi connectivity index (χ3v) is 19.3. The van der Waals surface area contributed by atoms with Gasteiger partial charge in [-0.3, -0.25) is 48.1 Å². The van der Waals surface area contributed by atoms with E-state index in [1.165, 1.54) is 19.1 Å². The third-order valence-electron chi connectivity index (χ3n) is 19.3. The van der Waals surface area contributed by atoms with Gasteiger partial charge < -0.3 is 54.1 Å². The Morgan fingerprint density at radius 3 is 2.08 bits per heavy atom. The standard InChI is InChI=1S/C71H112N6O16/c1-15-48(6)65(59(90-13)45-63(84)76-38-23-29-55(76)67(91-14)50(8)57(79)43-49(7)66(85)51-25-17-16-18-26-51)74(10)68(86)53(46(2)3)44-58(80)64(47(4)5)75(11)70(88)93-52-27-19-21-35-71(9,36-33-52)69(87)72-37-22-20-28-54(56(78)30-24-40-92-42-41-89-12)73-60(81)34-39-77-61(82)31-32-62(77)83/h16-19,25-27,31-32,46-50,52-55,59,64-67,85H,15,20-24,28-30,33-45H2,1-14H3,(H,72,87)(H,73,81)/b27-19+/t48-,49-,50-,52-,53-,54?,55-,59+,64-,65-,66+,67+,71+/m0/s1. The summed E-state index contributed by atoms with van der Waals surface area (Å²) >= 11 is 0. The number of aliphatic hydroxyl groups excluding tert-OH is 1. The van der Waals surface area contributed by atoms with Crippen molar-refractivity contribution >= 4 is 58.9 Å². The molecule has 1 aromatic rings. The Morgan fingerprint density at radius 1 is 0.763 bits per heavy atom. The zero-order valence-electron chi connectivity index (χ0n) is 58.2. The van der Waals surface area contributed by atoms with Gasteiger partial charge in [0.1, 0.15) is 11.9 Å². The van der Waals surface area contributed by atoms with E-state index in [2.05, 4.69) is 10.6 Å². The van der Waals surface area contributed by atoms with Crippen LogP contribution in [0.4, 0.5) is 4.79 Å². The molecule has 0 saturated carbocycles. The first-order valence-electron chi connectivity index (χ1n) is 33.9. The third kappa shape index (κ3) is 23.6. The highest BCUT2D eigenvalue weighted by Gasteiger charge is 2.44. The van der Waals surface area contributed by atoms with Crippen LogP contribution in [-0.4, -0.2) is 201 Å². The molecule has 1 unspecified atom stereocenters. The number of methoxy groups -OCH3 is 3. The molecule has 2 aliphatic heterocycles. The molecule has 0 bridgehead atoms. The number of ether oxygens (including phenoxy) is 5. The Hall–Kier alpha value is -6.20. The Labute approximate surface area is 553 Å². The van der Waals surface area contributed by atoms with Gasteiger partial charge in [-0.1, -0.05) is 105 Å². The minimum absolute atomic E-state index is 0.0434. The summed E-state index contributed by atoms with van der Waals surface area (Å²) < 4.78 is 28.8. The van der Waals surface area contributed by atoms with Crippen LogP contribution in [-0.2, 0) is 66.8 Å². The monoisotopic (exact) mass is 1300 g/mol. The number of hydrogen-bond donors (Lipinski definition) is 3. The summed E-state index contributed by atoms with van der Waals surface area (Å²) in [6, 6.07) is 6.55. The highest BCUT2D eigenvalue weighted by atomic mass is 16.6. The molecule has 3 aliphatic rings. The number of likely N-dealkylation sites (tertiary alicyclic amines) is 1. The van der Waals surface area contributed by atoms with E-state index in [1.807, 2.05) is 105 Å². The number of ketones is 3. The fourth-order valence-electron chi connectivity index (χ4n) is 13.3. The fourth-order valence-corrected chi connectivity index (χ4v) is 13.3. The first kappa shape index (κ1) is 79.2. The van der Waals surface area contributed by atoms with Crippen molar-refractivity contribution in [2.45, 2.75) is 214 Å². The molecular weight excluding hydrogens is 1190 g/mol. The van der Waals surface area contributed by atoms with E-state index in [-0.39, 0.29) is 103 Å². The minimum Gasteiger partial charge on any atom is -0.442 e. The molecule has 0 radical (unpaired) electrons. The van der Waals surface area contributed by atoms with Gasteiger partial charge in [-0.25, -0.2) is 4.79 Å². The number of carbonyl (C=O) groups excluding carboxylic acids is 10. The Balaban J connectivity index is 1.35. The van der Waals surface area contributed by atoms with E-state index in [9.17, 15) is 53.1 Å². The van der Waals surface area contributed by atoms with Crippen LogP contribution in [0.25, 0.3) is 0 Å². The molecule has 13 atom stereocenters. The molecule has 3 N–H and O–H groups in total. The molecule has 22 heteroatoms. The number of amides is 7. The number of rotatable bonds is 41. The number of benzene rings is 1. The average Bonchev–Trinajstić information content (AvgIpc) is 1.92. The van der Waals surface area contributed by atoms with Crippen molar-refractivity contribution in [2.75, 3.05) is 74.9 Å². The van der Waals surface area contributed by atoms with Gasteiger partial charge in [0.05, 0.1) is 62.1 Å². The number of nitrogens with zero attached hydrogens (tertiary/aromatic N) is 4. The van der Waals surface area contributed by atoms with Crippen molar-refractivity contribution in [1.29, 1.82) is 0 Å². The molecule has 0 aromatic heterocycles. The number of allylic oxidation sites excluding steroid dienone is 1. The summed E-state index contributed by atoms with van der Waals surface area (Å²) in [5, 5.41) is 16.9. The summed E-state index contributed by atoms with van der Waals surface area (Å²) in [4.78, 5) is 142. The van der Waals surface area contributed by atoms with Gasteiger partial charge in [-0.15, -0.1) is 0 Å². The van der Waals surface area contributed by atoms with Crippen LogP contribution in [0.15, 0.2) is 54.6 Å². The predicted molar refractivity (Wildman–Crippen MR) is 353 cm³/mol. The fraction of sp³-hybridized carbons (Fsp3) is 0.718. The van der Waals surface area contributed by atoms with E-state index in [1.54, 1.807) is 31.1 Å². The smallest absolute Gasteiger partial charge is 0.410 e. The van der Waals surface area contributed by atoms with Gasteiger partial charge in [-0.05, 0) is 99.5 Å². The second-order valence-corrected chi connectivity index (χ2v) is 26.9. The molecule has 2 heterocycles. The topological polar surface area (TPSA) is 274 Å². The molecular formula is C71H112N6O16. The largest absolute Gasteiger partial charge is 0.442 e. The lowest BCUT2D eigenvalue weighted by Gasteiger charge is -2.41. The highest BCUT2D eigenvalue weighted by Crippen LogP contribution is 2.36. The average molecular weight is 1310 g/mol. The molecule has 4 rings (SSSR count). The van der Waals surface area contributed by atoms with Crippen molar-refractivity contribution in [3.8, 4) is 0 Å². The van der Waals surface area contributed by atoms with Crippen LogP contribution in [0.1, 0.15) is 177 Å². The minimum atomic E-state index is -0.946. The van der Waals surface area contributed by atoms with Gasteiger partial charge in [-0.2, -0.15) is 0 Å². The van der Waals surface area contributed by atoms with E-state index in [0.717, 1.165) is 29.0 Å². The van der Waals surface area contributed by atoms with Crippen molar-refractivity contribution in [3.05, 3.63) is 60.2 Å². The molecule has 93 heavy (non-hydrogen) atoms. The van der Waals surface area contributed by atoms with Crippen molar-refractivity contribution in [3.63, 3.8) is 0 Å². The lowest BCUT2D eigenvalue weighted by Crippen LogP contribution is -2.54. The van der Waals surface area contributed by atoms with E-state index >= 15 is 0 Å². The predicted octanol–water partition coefficient (Wildman–Crippen LogP) is 8.16. The molecule has 1 fully saturated rings. The molecule has 22 nitrogen and oxygen atoms in total. The first-order chi connectivity index (χ1) is 44.2.